The maximum Gasteiger partial charge on any atom is 0.337 e. The quantitative estimate of drug-likeness (QED) is 0.434. The minimum Gasteiger partial charge on any atom is -0.465 e. The Morgan fingerprint density at radius 2 is 1.79 bits per heavy atom. The maximum atomic E-state index is 12.1. The van der Waals surface area contributed by atoms with Crippen molar-refractivity contribution >= 4 is 46.5 Å². The van der Waals surface area contributed by atoms with Crippen LogP contribution >= 0.6 is 23.6 Å². The molecule has 24 heavy (non-hydrogen) atoms. The van der Waals surface area contributed by atoms with Gasteiger partial charge in [-0.2, -0.15) is 0 Å². The second-order valence-electron chi connectivity index (χ2n) is 4.41. The molecule has 0 bridgehead atoms. The van der Waals surface area contributed by atoms with Gasteiger partial charge in [-0.3, -0.25) is 25.8 Å². The summed E-state index contributed by atoms with van der Waals surface area (Å²) in [5.41, 5.74) is 5.28. The van der Waals surface area contributed by atoms with Gasteiger partial charge in [-0.1, -0.05) is 12.1 Å². The molecule has 124 valence electrons. The van der Waals surface area contributed by atoms with Crippen LogP contribution in [-0.2, 0) is 4.74 Å². The van der Waals surface area contributed by atoms with Crippen LogP contribution in [0.25, 0.3) is 0 Å². The van der Waals surface area contributed by atoms with Gasteiger partial charge >= 0.3 is 5.97 Å². The molecule has 0 aliphatic carbocycles. The van der Waals surface area contributed by atoms with Crippen molar-refractivity contribution in [3.05, 3.63) is 57.8 Å². The Bertz CT molecular complexity index is 775. The minimum atomic E-state index is -0.548. The number of thiocarbonyl (C=S) groups is 1. The number of benzene rings is 1. The summed E-state index contributed by atoms with van der Waals surface area (Å²) in [4.78, 5) is 35.8. The van der Waals surface area contributed by atoms with E-state index >= 15 is 0 Å². The zero-order valence-corrected chi connectivity index (χ0v) is 14.1. The Labute approximate surface area is 147 Å². The van der Waals surface area contributed by atoms with E-state index in [1.165, 1.54) is 36.6 Å². The van der Waals surface area contributed by atoms with E-state index in [0.29, 0.717) is 4.88 Å². The monoisotopic (exact) mass is 363 g/mol. The summed E-state index contributed by atoms with van der Waals surface area (Å²) in [7, 11) is 1.25. The maximum absolute atomic E-state index is 12.1. The number of rotatable bonds is 3. The lowest BCUT2D eigenvalue weighted by Gasteiger charge is -2.10. The fraction of sp³-hybridized carbons (Fsp3) is 0.0667. The Hall–Kier alpha value is -2.78. The smallest absolute Gasteiger partial charge is 0.337 e. The largest absolute Gasteiger partial charge is 0.465 e. The van der Waals surface area contributed by atoms with E-state index in [1.54, 1.807) is 23.6 Å². The van der Waals surface area contributed by atoms with Crippen LogP contribution in [0.5, 0.6) is 0 Å². The number of hydrazine groups is 1. The van der Waals surface area contributed by atoms with Gasteiger partial charge in [0, 0.05) is 5.56 Å². The summed E-state index contributed by atoms with van der Waals surface area (Å²) in [5, 5.41) is 4.09. The number of carbonyl (C=O) groups is 3. The Morgan fingerprint density at radius 1 is 1.04 bits per heavy atom. The summed E-state index contributed by atoms with van der Waals surface area (Å²) in [6.07, 6.45) is 0. The van der Waals surface area contributed by atoms with E-state index in [1.807, 2.05) is 0 Å². The van der Waals surface area contributed by atoms with Crippen molar-refractivity contribution < 1.29 is 19.1 Å². The molecule has 0 saturated carbocycles. The highest BCUT2D eigenvalue weighted by atomic mass is 32.1. The van der Waals surface area contributed by atoms with Crippen LogP contribution in [0.15, 0.2) is 41.8 Å². The van der Waals surface area contributed by atoms with E-state index in [0.717, 1.165) is 0 Å². The standard InChI is InChI=1S/C15H13N3O4S2/c1-22-14(21)10-5-2-4-9(8-10)12(19)16-15(23)18-17-13(20)11-6-3-7-24-11/h2-8H,1H3,(H,17,20)(H2,16,18,19,23). The topological polar surface area (TPSA) is 96.5 Å². The van der Waals surface area contributed by atoms with Gasteiger partial charge in [-0.25, -0.2) is 4.79 Å². The van der Waals surface area contributed by atoms with Crippen LogP contribution in [0, 0.1) is 0 Å². The fourth-order valence-corrected chi connectivity index (χ4v) is 2.46. The van der Waals surface area contributed by atoms with E-state index in [-0.39, 0.29) is 22.1 Å². The van der Waals surface area contributed by atoms with Crippen molar-refractivity contribution in [1.29, 1.82) is 0 Å². The normalized spacial score (nSPS) is 9.71. The van der Waals surface area contributed by atoms with E-state index in [2.05, 4.69) is 20.9 Å². The van der Waals surface area contributed by atoms with Gasteiger partial charge in [-0.15, -0.1) is 11.3 Å². The van der Waals surface area contributed by atoms with Gasteiger partial charge in [0.1, 0.15) is 0 Å². The van der Waals surface area contributed by atoms with Crippen LogP contribution in [0.3, 0.4) is 0 Å². The molecule has 0 spiro atoms. The number of ether oxygens (including phenoxy) is 1. The Kier molecular flexibility index (Phi) is 5.99. The molecule has 2 aromatic rings. The third-order valence-corrected chi connectivity index (χ3v) is 3.88. The number of amides is 2. The highest BCUT2D eigenvalue weighted by molar-refractivity contribution is 7.80. The van der Waals surface area contributed by atoms with Gasteiger partial charge in [-0.05, 0) is 41.9 Å². The molecule has 1 heterocycles. The van der Waals surface area contributed by atoms with Crippen molar-refractivity contribution in [2.24, 2.45) is 0 Å². The van der Waals surface area contributed by atoms with Crippen molar-refractivity contribution in [2.75, 3.05) is 7.11 Å². The molecule has 3 N–H and O–H groups in total. The molecule has 0 radical (unpaired) electrons. The lowest BCUT2D eigenvalue weighted by Crippen LogP contribution is -2.48. The van der Waals surface area contributed by atoms with Crippen LogP contribution in [0.2, 0.25) is 0 Å². The molecule has 0 unspecified atom stereocenters. The molecule has 0 aliphatic rings. The molecular weight excluding hydrogens is 350 g/mol. The lowest BCUT2D eigenvalue weighted by molar-refractivity contribution is 0.0600. The zero-order chi connectivity index (χ0) is 17.5. The van der Waals surface area contributed by atoms with Crippen molar-refractivity contribution in [3.8, 4) is 0 Å². The number of hydrogen-bond acceptors (Lipinski definition) is 6. The highest BCUT2D eigenvalue weighted by Gasteiger charge is 2.12. The molecule has 1 aromatic heterocycles. The number of hydrogen-bond donors (Lipinski definition) is 3. The summed E-state index contributed by atoms with van der Waals surface area (Å²) in [6, 6.07) is 9.38. The van der Waals surface area contributed by atoms with Gasteiger partial charge < -0.3 is 4.74 Å². The van der Waals surface area contributed by atoms with E-state index in [4.69, 9.17) is 12.2 Å². The van der Waals surface area contributed by atoms with Gasteiger partial charge in [0.05, 0.1) is 17.6 Å². The summed E-state index contributed by atoms with van der Waals surface area (Å²) in [5.74, 6) is -1.44. The van der Waals surface area contributed by atoms with Crippen molar-refractivity contribution in [2.45, 2.75) is 0 Å². The van der Waals surface area contributed by atoms with Crippen LogP contribution in [0.1, 0.15) is 30.4 Å². The fourth-order valence-electron chi connectivity index (χ4n) is 1.69. The average Bonchev–Trinajstić information content (AvgIpc) is 3.13. The van der Waals surface area contributed by atoms with Gasteiger partial charge in [0.15, 0.2) is 5.11 Å². The molecule has 0 saturated heterocycles. The van der Waals surface area contributed by atoms with E-state index in [9.17, 15) is 14.4 Å². The molecule has 7 nitrogen and oxygen atoms in total. The lowest BCUT2D eigenvalue weighted by atomic mass is 10.1. The highest BCUT2D eigenvalue weighted by Crippen LogP contribution is 2.07. The molecule has 0 aliphatic heterocycles. The third kappa shape index (κ3) is 4.61. The van der Waals surface area contributed by atoms with Crippen LogP contribution < -0.4 is 16.2 Å². The Morgan fingerprint density at radius 3 is 2.46 bits per heavy atom. The molecule has 9 heteroatoms. The van der Waals surface area contributed by atoms with Gasteiger partial charge in [0.2, 0.25) is 0 Å². The Balaban J connectivity index is 1.91. The SMILES string of the molecule is COC(=O)c1cccc(C(=O)NC(=S)NNC(=O)c2cccs2)c1. The first kappa shape index (κ1) is 17.6. The first-order chi connectivity index (χ1) is 11.5. The van der Waals surface area contributed by atoms with Crippen molar-refractivity contribution in [3.63, 3.8) is 0 Å². The molecule has 2 amide bonds. The number of nitrogens with one attached hydrogen (secondary N) is 3. The van der Waals surface area contributed by atoms with Crippen LogP contribution in [-0.4, -0.2) is 30.0 Å². The first-order valence-corrected chi connectivity index (χ1v) is 7.93. The summed E-state index contributed by atoms with van der Waals surface area (Å²) in [6.45, 7) is 0. The number of thiophene rings is 1. The minimum absolute atomic E-state index is 0.0756. The van der Waals surface area contributed by atoms with E-state index < -0.39 is 11.9 Å². The number of esters is 1. The molecule has 1 aromatic carbocycles. The molecular formula is C15H13N3O4S2. The summed E-state index contributed by atoms with van der Waals surface area (Å²) < 4.78 is 4.60. The third-order valence-electron chi connectivity index (χ3n) is 2.81. The van der Waals surface area contributed by atoms with Crippen LogP contribution in [0.4, 0.5) is 0 Å². The average molecular weight is 363 g/mol. The zero-order valence-electron chi connectivity index (χ0n) is 12.5. The second kappa shape index (κ2) is 8.18. The molecule has 2 rings (SSSR count). The number of carbonyl (C=O) groups excluding carboxylic acids is 3. The molecule has 0 fully saturated rings. The second-order valence-corrected chi connectivity index (χ2v) is 5.77. The van der Waals surface area contributed by atoms with Crippen molar-refractivity contribution in [1.82, 2.24) is 16.2 Å². The predicted octanol–water partition coefficient (Wildman–Crippen LogP) is 1.48. The number of methoxy groups -OCH3 is 1. The summed E-state index contributed by atoms with van der Waals surface area (Å²) >= 11 is 6.21. The van der Waals surface area contributed by atoms with Gasteiger partial charge in [0.25, 0.3) is 11.8 Å². The predicted molar refractivity (Wildman–Crippen MR) is 92.8 cm³/mol. The molecule has 0 atom stereocenters. The first-order valence-electron chi connectivity index (χ1n) is 6.65.